The smallest absolute Gasteiger partial charge is 0.257 e. The topological polar surface area (TPSA) is 50.8 Å². The Bertz CT molecular complexity index is 470. The van der Waals surface area contributed by atoms with Gasteiger partial charge in [-0.15, -0.1) is 0 Å². The number of piperidine rings is 1. The van der Waals surface area contributed by atoms with Crippen molar-refractivity contribution in [2.75, 3.05) is 39.4 Å². The Kier molecular flexibility index (Phi) is 8.46. The summed E-state index contributed by atoms with van der Waals surface area (Å²) in [4.78, 5) is 14.3. The SMILES string of the molecule is CCCOc1ccc(OCC(=O)NCCCN2CCCCC2)cc1. The van der Waals surface area contributed by atoms with Gasteiger partial charge < -0.3 is 19.7 Å². The van der Waals surface area contributed by atoms with E-state index in [1.807, 2.05) is 24.3 Å². The maximum absolute atomic E-state index is 11.8. The molecule has 2 rings (SSSR count). The first kappa shape index (κ1) is 18.6. The number of hydrogen-bond acceptors (Lipinski definition) is 4. The molecule has 1 aromatic rings. The van der Waals surface area contributed by atoms with Crippen LogP contribution in [0.4, 0.5) is 0 Å². The van der Waals surface area contributed by atoms with Gasteiger partial charge in [0.2, 0.25) is 0 Å². The van der Waals surface area contributed by atoms with Gasteiger partial charge in [-0.3, -0.25) is 4.79 Å². The van der Waals surface area contributed by atoms with Crippen LogP contribution in [0.5, 0.6) is 11.5 Å². The number of nitrogens with one attached hydrogen (secondary N) is 1. The molecule has 1 heterocycles. The van der Waals surface area contributed by atoms with E-state index in [0.717, 1.165) is 25.1 Å². The maximum Gasteiger partial charge on any atom is 0.257 e. The van der Waals surface area contributed by atoms with E-state index in [1.165, 1.54) is 32.4 Å². The zero-order valence-corrected chi connectivity index (χ0v) is 14.8. The van der Waals surface area contributed by atoms with Crippen molar-refractivity contribution in [2.24, 2.45) is 0 Å². The van der Waals surface area contributed by atoms with E-state index in [-0.39, 0.29) is 12.5 Å². The van der Waals surface area contributed by atoms with Crippen molar-refractivity contribution in [3.8, 4) is 11.5 Å². The second-order valence-electron chi connectivity index (χ2n) is 6.21. The lowest BCUT2D eigenvalue weighted by atomic mass is 10.1. The fourth-order valence-corrected chi connectivity index (χ4v) is 2.77. The molecule has 1 N–H and O–H groups in total. The first-order valence-corrected chi connectivity index (χ1v) is 9.12. The van der Waals surface area contributed by atoms with E-state index in [1.54, 1.807) is 0 Å². The first-order valence-electron chi connectivity index (χ1n) is 9.12. The molecule has 1 aliphatic rings. The van der Waals surface area contributed by atoms with Crippen LogP contribution in [0.3, 0.4) is 0 Å². The molecule has 0 saturated carbocycles. The summed E-state index contributed by atoms with van der Waals surface area (Å²) in [5.74, 6) is 1.44. The van der Waals surface area contributed by atoms with Crippen molar-refractivity contribution in [1.29, 1.82) is 0 Å². The van der Waals surface area contributed by atoms with E-state index < -0.39 is 0 Å². The monoisotopic (exact) mass is 334 g/mol. The molecule has 1 aliphatic heterocycles. The summed E-state index contributed by atoms with van der Waals surface area (Å²) in [6, 6.07) is 7.38. The van der Waals surface area contributed by atoms with Gasteiger partial charge in [-0.2, -0.15) is 0 Å². The first-order chi connectivity index (χ1) is 11.8. The second-order valence-corrected chi connectivity index (χ2v) is 6.21. The number of ether oxygens (including phenoxy) is 2. The van der Waals surface area contributed by atoms with Crippen LogP contribution in [0.25, 0.3) is 0 Å². The second kappa shape index (κ2) is 10.9. The minimum atomic E-state index is -0.0695. The highest BCUT2D eigenvalue weighted by molar-refractivity contribution is 5.77. The van der Waals surface area contributed by atoms with Gasteiger partial charge in [-0.25, -0.2) is 0 Å². The lowest BCUT2D eigenvalue weighted by Crippen LogP contribution is -2.34. The van der Waals surface area contributed by atoms with E-state index in [4.69, 9.17) is 9.47 Å². The Morgan fingerprint density at radius 1 is 1.08 bits per heavy atom. The van der Waals surface area contributed by atoms with Gasteiger partial charge in [0.25, 0.3) is 5.91 Å². The summed E-state index contributed by atoms with van der Waals surface area (Å²) in [5.41, 5.74) is 0. The summed E-state index contributed by atoms with van der Waals surface area (Å²) < 4.78 is 11.0. The Morgan fingerprint density at radius 2 is 1.75 bits per heavy atom. The van der Waals surface area contributed by atoms with Crippen molar-refractivity contribution in [2.45, 2.75) is 39.0 Å². The number of nitrogens with zero attached hydrogens (tertiary/aromatic N) is 1. The molecule has 1 saturated heterocycles. The molecule has 134 valence electrons. The summed E-state index contributed by atoms with van der Waals surface area (Å²) in [6.07, 6.45) is 5.95. The summed E-state index contributed by atoms with van der Waals surface area (Å²) >= 11 is 0. The Morgan fingerprint density at radius 3 is 2.42 bits per heavy atom. The fourth-order valence-electron chi connectivity index (χ4n) is 2.77. The van der Waals surface area contributed by atoms with Crippen LogP contribution in [-0.2, 0) is 4.79 Å². The molecule has 0 bridgehead atoms. The van der Waals surface area contributed by atoms with Crippen LogP contribution in [0, 0.1) is 0 Å². The van der Waals surface area contributed by atoms with Gasteiger partial charge in [0.05, 0.1) is 6.61 Å². The Hall–Kier alpha value is -1.75. The van der Waals surface area contributed by atoms with Crippen molar-refractivity contribution in [3.05, 3.63) is 24.3 Å². The predicted octanol–water partition coefficient (Wildman–Crippen LogP) is 2.85. The van der Waals surface area contributed by atoms with Crippen LogP contribution in [0.1, 0.15) is 39.0 Å². The molecule has 0 atom stereocenters. The summed E-state index contributed by atoms with van der Waals surface area (Å²) in [5, 5.41) is 2.92. The molecule has 24 heavy (non-hydrogen) atoms. The number of rotatable bonds is 10. The summed E-state index contributed by atoms with van der Waals surface area (Å²) in [7, 11) is 0. The third-order valence-electron chi connectivity index (χ3n) is 4.09. The number of likely N-dealkylation sites (tertiary alicyclic amines) is 1. The summed E-state index contributed by atoms with van der Waals surface area (Å²) in [6.45, 7) is 7.02. The highest BCUT2D eigenvalue weighted by atomic mass is 16.5. The van der Waals surface area contributed by atoms with Crippen LogP contribution >= 0.6 is 0 Å². The Balaban J connectivity index is 1.55. The van der Waals surface area contributed by atoms with Gasteiger partial charge in [0.1, 0.15) is 11.5 Å². The van der Waals surface area contributed by atoms with E-state index in [2.05, 4.69) is 17.1 Å². The molecular weight excluding hydrogens is 304 g/mol. The van der Waals surface area contributed by atoms with Crippen molar-refractivity contribution < 1.29 is 14.3 Å². The molecule has 0 unspecified atom stereocenters. The van der Waals surface area contributed by atoms with Crippen LogP contribution in [0.15, 0.2) is 24.3 Å². The fraction of sp³-hybridized carbons (Fsp3) is 0.632. The van der Waals surface area contributed by atoms with Gasteiger partial charge in [0.15, 0.2) is 6.61 Å². The molecule has 1 aromatic carbocycles. The molecule has 0 aromatic heterocycles. The van der Waals surface area contributed by atoms with Crippen LogP contribution in [-0.4, -0.2) is 50.2 Å². The lowest BCUT2D eigenvalue weighted by molar-refractivity contribution is -0.123. The molecular formula is C19H30N2O3. The zero-order valence-electron chi connectivity index (χ0n) is 14.8. The minimum absolute atomic E-state index is 0.0544. The van der Waals surface area contributed by atoms with Crippen molar-refractivity contribution >= 4 is 5.91 Å². The number of carbonyl (C=O) groups excluding carboxylic acids is 1. The number of benzene rings is 1. The molecule has 1 fully saturated rings. The molecule has 1 amide bonds. The van der Waals surface area contributed by atoms with E-state index >= 15 is 0 Å². The van der Waals surface area contributed by atoms with Gasteiger partial charge in [-0.1, -0.05) is 13.3 Å². The molecule has 0 aliphatic carbocycles. The van der Waals surface area contributed by atoms with Crippen LogP contribution in [0.2, 0.25) is 0 Å². The molecule has 0 spiro atoms. The maximum atomic E-state index is 11.8. The van der Waals surface area contributed by atoms with Crippen molar-refractivity contribution in [1.82, 2.24) is 10.2 Å². The van der Waals surface area contributed by atoms with Crippen molar-refractivity contribution in [3.63, 3.8) is 0 Å². The highest BCUT2D eigenvalue weighted by Crippen LogP contribution is 2.17. The Labute approximate surface area is 145 Å². The quantitative estimate of drug-likeness (QED) is 0.669. The van der Waals surface area contributed by atoms with Gasteiger partial charge in [-0.05, 0) is 69.6 Å². The lowest BCUT2D eigenvalue weighted by Gasteiger charge is -2.26. The largest absolute Gasteiger partial charge is 0.494 e. The average Bonchev–Trinajstić information content (AvgIpc) is 2.63. The molecule has 0 radical (unpaired) electrons. The molecule has 5 heteroatoms. The standard InChI is InChI=1S/C19H30N2O3/c1-2-15-23-17-7-9-18(10-8-17)24-16-19(22)20-11-6-14-21-12-4-3-5-13-21/h7-10H,2-6,11-16H2,1H3,(H,20,22). The molecule has 5 nitrogen and oxygen atoms in total. The number of carbonyl (C=O) groups is 1. The highest BCUT2D eigenvalue weighted by Gasteiger charge is 2.09. The zero-order chi connectivity index (χ0) is 17.0. The minimum Gasteiger partial charge on any atom is -0.494 e. The van der Waals surface area contributed by atoms with Crippen LogP contribution < -0.4 is 14.8 Å². The van der Waals surface area contributed by atoms with E-state index in [9.17, 15) is 4.79 Å². The number of hydrogen-bond donors (Lipinski definition) is 1. The number of amides is 1. The normalized spacial score (nSPS) is 15.0. The van der Waals surface area contributed by atoms with E-state index in [0.29, 0.717) is 18.9 Å². The predicted molar refractivity (Wildman–Crippen MR) is 95.6 cm³/mol. The average molecular weight is 334 g/mol. The van der Waals surface area contributed by atoms with Gasteiger partial charge >= 0.3 is 0 Å². The third kappa shape index (κ3) is 7.21. The third-order valence-corrected chi connectivity index (χ3v) is 4.09. The van der Waals surface area contributed by atoms with Gasteiger partial charge in [0, 0.05) is 6.54 Å².